The molecule has 0 aliphatic carbocycles. The molecule has 0 spiro atoms. The van der Waals surface area contributed by atoms with E-state index in [1.165, 1.54) is 18.2 Å². The average Bonchev–Trinajstić information content (AvgIpc) is 2.93. The van der Waals surface area contributed by atoms with Crippen molar-refractivity contribution in [1.29, 1.82) is 0 Å². The van der Waals surface area contributed by atoms with E-state index >= 15 is 0 Å². The van der Waals surface area contributed by atoms with Crippen LogP contribution in [0.5, 0.6) is 0 Å². The number of carbonyl (C=O) groups is 1. The molecule has 28 heavy (non-hydrogen) atoms. The SMILES string of the molecule is COC(=O)[C@@]1(CC(C)(C)C)CN(Cc2ccccc2)[C@H](c2ccccc2)[C@H]1C. The molecular formula is C25H33NO2. The summed E-state index contributed by atoms with van der Waals surface area (Å²) in [5, 5.41) is 0. The molecule has 0 aromatic heterocycles. The molecule has 1 aliphatic rings. The number of ether oxygens (including phenoxy) is 1. The molecule has 0 unspecified atom stereocenters. The van der Waals surface area contributed by atoms with Gasteiger partial charge in [0.2, 0.25) is 0 Å². The quantitative estimate of drug-likeness (QED) is 0.645. The van der Waals surface area contributed by atoms with Crippen molar-refractivity contribution in [3.63, 3.8) is 0 Å². The second-order valence-electron chi connectivity index (χ2n) is 9.42. The Kier molecular flexibility index (Phi) is 5.95. The lowest BCUT2D eigenvalue weighted by molar-refractivity contribution is -0.156. The van der Waals surface area contributed by atoms with Crippen molar-refractivity contribution < 1.29 is 9.53 Å². The number of hydrogen-bond donors (Lipinski definition) is 0. The lowest BCUT2D eigenvalue weighted by Crippen LogP contribution is -2.42. The van der Waals surface area contributed by atoms with E-state index in [0.29, 0.717) is 6.54 Å². The lowest BCUT2D eigenvalue weighted by atomic mass is 9.66. The molecule has 0 amide bonds. The summed E-state index contributed by atoms with van der Waals surface area (Å²) in [5.41, 5.74) is 2.06. The van der Waals surface area contributed by atoms with Crippen molar-refractivity contribution in [3.8, 4) is 0 Å². The minimum absolute atomic E-state index is 0.0342. The Morgan fingerprint density at radius 2 is 1.64 bits per heavy atom. The molecule has 3 heteroatoms. The first-order chi connectivity index (χ1) is 13.3. The van der Waals surface area contributed by atoms with Crippen LogP contribution in [0, 0.1) is 16.7 Å². The number of esters is 1. The summed E-state index contributed by atoms with van der Waals surface area (Å²) in [5.74, 6) is 0.0803. The molecule has 1 fully saturated rings. The van der Waals surface area contributed by atoms with Crippen molar-refractivity contribution in [3.05, 3.63) is 71.8 Å². The topological polar surface area (TPSA) is 29.5 Å². The largest absolute Gasteiger partial charge is 0.469 e. The number of nitrogens with zero attached hydrogens (tertiary/aromatic N) is 1. The number of methoxy groups -OCH3 is 1. The molecular weight excluding hydrogens is 346 g/mol. The first kappa shape index (κ1) is 20.6. The van der Waals surface area contributed by atoms with Crippen LogP contribution in [-0.2, 0) is 16.1 Å². The van der Waals surface area contributed by atoms with E-state index in [2.05, 4.69) is 81.1 Å². The highest BCUT2D eigenvalue weighted by Crippen LogP contribution is 2.54. The standard InChI is InChI=1S/C25H33NO2/c1-19-22(21-14-10-7-11-15-21)26(16-20-12-8-6-9-13-20)18-25(19,23(27)28-5)17-24(2,3)4/h6-15,19,22H,16-18H2,1-5H3/t19-,22+,25+/m1/s1. The van der Waals surface area contributed by atoms with E-state index in [9.17, 15) is 4.79 Å². The van der Waals surface area contributed by atoms with Crippen LogP contribution in [0.1, 0.15) is 51.3 Å². The third kappa shape index (κ3) is 4.15. The monoisotopic (exact) mass is 379 g/mol. The summed E-state index contributed by atoms with van der Waals surface area (Å²) < 4.78 is 5.37. The van der Waals surface area contributed by atoms with Crippen LogP contribution in [0.3, 0.4) is 0 Å². The minimum Gasteiger partial charge on any atom is -0.469 e. The zero-order chi connectivity index (χ0) is 20.4. The smallest absolute Gasteiger partial charge is 0.313 e. The molecule has 1 saturated heterocycles. The van der Waals surface area contributed by atoms with Gasteiger partial charge in [-0.3, -0.25) is 9.69 Å². The van der Waals surface area contributed by atoms with Gasteiger partial charge in [0.1, 0.15) is 0 Å². The number of benzene rings is 2. The van der Waals surface area contributed by atoms with Gasteiger partial charge in [0.25, 0.3) is 0 Å². The first-order valence-electron chi connectivity index (χ1n) is 10.2. The molecule has 1 aliphatic heterocycles. The highest BCUT2D eigenvalue weighted by Gasteiger charge is 2.57. The van der Waals surface area contributed by atoms with Gasteiger partial charge in [0.05, 0.1) is 12.5 Å². The first-order valence-corrected chi connectivity index (χ1v) is 10.2. The Morgan fingerprint density at radius 3 is 2.18 bits per heavy atom. The molecule has 0 bridgehead atoms. The fourth-order valence-electron chi connectivity index (χ4n) is 5.03. The Balaban J connectivity index is 2.04. The fourth-order valence-corrected chi connectivity index (χ4v) is 5.03. The van der Waals surface area contributed by atoms with Crippen LogP contribution >= 0.6 is 0 Å². The van der Waals surface area contributed by atoms with Crippen LogP contribution in [0.25, 0.3) is 0 Å². The number of rotatable bonds is 5. The van der Waals surface area contributed by atoms with E-state index in [0.717, 1.165) is 13.0 Å². The normalized spacial score (nSPS) is 25.6. The van der Waals surface area contributed by atoms with Gasteiger partial charge < -0.3 is 4.74 Å². The highest BCUT2D eigenvalue weighted by molar-refractivity contribution is 5.78. The predicted molar refractivity (Wildman–Crippen MR) is 114 cm³/mol. The lowest BCUT2D eigenvalue weighted by Gasteiger charge is -2.36. The Bertz CT molecular complexity index is 781. The number of carbonyl (C=O) groups excluding carboxylic acids is 1. The molecule has 1 heterocycles. The van der Waals surface area contributed by atoms with Crippen LogP contribution < -0.4 is 0 Å². The van der Waals surface area contributed by atoms with Crippen molar-refractivity contribution >= 4 is 5.97 Å². The average molecular weight is 380 g/mol. The van der Waals surface area contributed by atoms with Crippen molar-refractivity contribution in [2.45, 2.75) is 46.7 Å². The Hall–Kier alpha value is -2.13. The molecule has 0 N–H and O–H groups in total. The number of likely N-dealkylation sites (tertiary alicyclic amines) is 1. The molecule has 150 valence electrons. The third-order valence-corrected chi connectivity index (χ3v) is 6.03. The maximum absolute atomic E-state index is 13.2. The van der Waals surface area contributed by atoms with E-state index in [-0.39, 0.29) is 23.3 Å². The summed E-state index contributed by atoms with van der Waals surface area (Å²) in [6, 6.07) is 21.3. The van der Waals surface area contributed by atoms with Crippen LogP contribution in [0.15, 0.2) is 60.7 Å². The van der Waals surface area contributed by atoms with E-state index in [1.54, 1.807) is 0 Å². The maximum atomic E-state index is 13.2. The van der Waals surface area contributed by atoms with Crippen LogP contribution in [0.4, 0.5) is 0 Å². The molecule has 3 atom stereocenters. The van der Waals surface area contributed by atoms with Gasteiger partial charge >= 0.3 is 5.97 Å². The van der Waals surface area contributed by atoms with Gasteiger partial charge in [-0.2, -0.15) is 0 Å². The van der Waals surface area contributed by atoms with Crippen LogP contribution in [-0.4, -0.2) is 24.5 Å². The summed E-state index contributed by atoms with van der Waals surface area (Å²) in [6.45, 7) is 10.4. The molecule has 0 radical (unpaired) electrons. The second-order valence-corrected chi connectivity index (χ2v) is 9.42. The van der Waals surface area contributed by atoms with Gasteiger partial charge in [0.15, 0.2) is 0 Å². The summed E-state index contributed by atoms with van der Waals surface area (Å²) in [4.78, 5) is 15.6. The summed E-state index contributed by atoms with van der Waals surface area (Å²) in [6.07, 6.45) is 0.808. The molecule has 3 rings (SSSR count). The van der Waals surface area contributed by atoms with Gasteiger partial charge in [-0.1, -0.05) is 88.4 Å². The Labute approximate surface area is 169 Å². The zero-order valence-electron chi connectivity index (χ0n) is 17.8. The van der Waals surface area contributed by atoms with Gasteiger partial charge in [-0.15, -0.1) is 0 Å². The Morgan fingerprint density at radius 1 is 1.07 bits per heavy atom. The van der Waals surface area contributed by atoms with E-state index < -0.39 is 5.41 Å². The van der Waals surface area contributed by atoms with E-state index in [4.69, 9.17) is 4.74 Å². The molecule has 2 aromatic rings. The predicted octanol–water partition coefficient (Wildman–Crippen LogP) is 5.48. The molecule has 0 saturated carbocycles. The summed E-state index contributed by atoms with van der Waals surface area (Å²) in [7, 11) is 1.52. The highest BCUT2D eigenvalue weighted by atomic mass is 16.5. The molecule has 2 aromatic carbocycles. The van der Waals surface area contributed by atoms with Crippen LogP contribution in [0.2, 0.25) is 0 Å². The van der Waals surface area contributed by atoms with Crippen molar-refractivity contribution in [2.24, 2.45) is 16.7 Å². The van der Waals surface area contributed by atoms with Gasteiger partial charge in [-0.25, -0.2) is 0 Å². The second kappa shape index (κ2) is 8.08. The van der Waals surface area contributed by atoms with Gasteiger partial charge in [0, 0.05) is 19.1 Å². The van der Waals surface area contributed by atoms with Gasteiger partial charge in [-0.05, 0) is 28.9 Å². The van der Waals surface area contributed by atoms with E-state index in [1.807, 2.05) is 12.1 Å². The minimum atomic E-state index is -0.512. The van der Waals surface area contributed by atoms with Crippen molar-refractivity contribution in [2.75, 3.05) is 13.7 Å². The maximum Gasteiger partial charge on any atom is 0.313 e. The fraction of sp³-hybridized carbons (Fsp3) is 0.480. The van der Waals surface area contributed by atoms with Crippen molar-refractivity contribution in [1.82, 2.24) is 4.90 Å². The molecule has 3 nitrogen and oxygen atoms in total. The zero-order valence-corrected chi connectivity index (χ0v) is 17.8. The number of hydrogen-bond acceptors (Lipinski definition) is 3. The third-order valence-electron chi connectivity index (χ3n) is 6.03. The summed E-state index contributed by atoms with van der Waals surface area (Å²) >= 11 is 0.